The van der Waals surface area contributed by atoms with Crippen LogP contribution in [0.2, 0.25) is 0 Å². The van der Waals surface area contributed by atoms with Gasteiger partial charge in [0.2, 0.25) is 0 Å². The Bertz CT molecular complexity index is 376. The summed E-state index contributed by atoms with van der Waals surface area (Å²) in [5.74, 6) is 4.60. The molecule has 66 valence electrons. The molecule has 0 aliphatic heterocycles. The van der Waals surface area contributed by atoms with Crippen molar-refractivity contribution in [2.45, 2.75) is 0 Å². The summed E-state index contributed by atoms with van der Waals surface area (Å²) in [6.45, 7) is 0.189. The fourth-order valence-corrected chi connectivity index (χ4v) is 0.852. The van der Waals surface area contributed by atoms with Gasteiger partial charge in [0.25, 0.3) is 0 Å². The van der Waals surface area contributed by atoms with Gasteiger partial charge >= 0.3 is 0 Å². The highest BCUT2D eigenvalue weighted by molar-refractivity contribution is 5.75. The molecule has 1 rings (SSSR count). The van der Waals surface area contributed by atoms with E-state index in [0.717, 1.165) is 6.07 Å². The van der Waals surface area contributed by atoms with E-state index in [4.69, 9.17) is 5.73 Å². The summed E-state index contributed by atoms with van der Waals surface area (Å²) < 4.78 is 13.1. The summed E-state index contributed by atoms with van der Waals surface area (Å²) in [7, 11) is 0. The summed E-state index contributed by atoms with van der Waals surface area (Å²) in [5.41, 5.74) is 5.69. The second-order valence-corrected chi connectivity index (χ2v) is 2.36. The molecule has 0 saturated heterocycles. The van der Waals surface area contributed by atoms with Gasteiger partial charge in [-0.15, -0.1) is 0 Å². The van der Waals surface area contributed by atoms with Gasteiger partial charge in [0.15, 0.2) is 0 Å². The van der Waals surface area contributed by atoms with E-state index in [1.807, 2.05) is 0 Å². The van der Waals surface area contributed by atoms with Gasteiger partial charge in [-0.2, -0.15) is 0 Å². The number of benzene rings is 1. The SMILES string of the molecule is NCC#Cc1ccc(C=O)cc1F. The minimum Gasteiger partial charge on any atom is -0.320 e. The van der Waals surface area contributed by atoms with Crippen LogP contribution in [0.3, 0.4) is 0 Å². The van der Waals surface area contributed by atoms with Crippen LogP contribution in [-0.2, 0) is 0 Å². The van der Waals surface area contributed by atoms with E-state index in [0.29, 0.717) is 11.8 Å². The number of carbonyl (C=O) groups excluding carboxylic acids is 1. The fourth-order valence-electron chi connectivity index (χ4n) is 0.852. The molecule has 2 N–H and O–H groups in total. The second kappa shape index (κ2) is 4.39. The molecule has 1 aromatic rings. The lowest BCUT2D eigenvalue weighted by Gasteiger charge is -1.94. The minimum atomic E-state index is -0.495. The molecule has 0 aliphatic carbocycles. The van der Waals surface area contributed by atoms with Crippen LogP contribution in [0.5, 0.6) is 0 Å². The summed E-state index contributed by atoms with van der Waals surface area (Å²) in [6, 6.07) is 4.12. The topological polar surface area (TPSA) is 43.1 Å². The normalized spacial score (nSPS) is 8.77. The highest BCUT2D eigenvalue weighted by Crippen LogP contribution is 2.07. The van der Waals surface area contributed by atoms with Crippen LogP contribution < -0.4 is 5.73 Å². The van der Waals surface area contributed by atoms with Gasteiger partial charge < -0.3 is 5.73 Å². The van der Waals surface area contributed by atoms with E-state index in [9.17, 15) is 9.18 Å². The number of nitrogens with two attached hydrogens (primary N) is 1. The van der Waals surface area contributed by atoms with Crippen molar-refractivity contribution in [2.75, 3.05) is 6.54 Å². The Balaban J connectivity index is 3.05. The van der Waals surface area contributed by atoms with E-state index in [-0.39, 0.29) is 12.1 Å². The van der Waals surface area contributed by atoms with E-state index in [1.54, 1.807) is 0 Å². The number of hydrogen-bond donors (Lipinski definition) is 1. The highest BCUT2D eigenvalue weighted by atomic mass is 19.1. The summed E-state index contributed by atoms with van der Waals surface area (Å²) in [6.07, 6.45) is 0.587. The minimum absolute atomic E-state index is 0.189. The van der Waals surface area contributed by atoms with Crippen molar-refractivity contribution < 1.29 is 9.18 Å². The van der Waals surface area contributed by atoms with Crippen LogP contribution in [0, 0.1) is 17.7 Å². The first kappa shape index (κ1) is 9.43. The fraction of sp³-hybridized carbons (Fsp3) is 0.100. The van der Waals surface area contributed by atoms with E-state index < -0.39 is 5.82 Å². The second-order valence-electron chi connectivity index (χ2n) is 2.36. The Labute approximate surface area is 75.6 Å². The van der Waals surface area contributed by atoms with Gasteiger partial charge in [-0.05, 0) is 12.1 Å². The van der Waals surface area contributed by atoms with Crippen LogP contribution in [0.1, 0.15) is 15.9 Å². The largest absolute Gasteiger partial charge is 0.320 e. The quantitative estimate of drug-likeness (QED) is 0.512. The average molecular weight is 177 g/mol. The average Bonchev–Trinajstić information content (AvgIpc) is 2.16. The third-order valence-electron chi connectivity index (χ3n) is 1.45. The molecule has 0 aliphatic rings. The van der Waals surface area contributed by atoms with Crippen molar-refractivity contribution in [2.24, 2.45) is 5.73 Å². The van der Waals surface area contributed by atoms with Crippen molar-refractivity contribution in [3.63, 3.8) is 0 Å². The van der Waals surface area contributed by atoms with Gasteiger partial charge in [0, 0.05) is 5.56 Å². The van der Waals surface area contributed by atoms with Gasteiger partial charge in [-0.25, -0.2) is 4.39 Å². The summed E-state index contributed by atoms with van der Waals surface area (Å²) >= 11 is 0. The van der Waals surface area contributed by atoms with Crippen molar-refractivity contribution in [3.8, 4) is 11.8 Å². The lowest BCUT2D eigenvalue weighted by molar-refractivity contribution is 0.112. The maximum atomic E-state index is 13.1. The monoisotopic (exact) mass is 177 g/mol. The van der Waals surface area contributed by atoms with Crippen LogP contribution in [-0.4, -0.2) is 12.8 Å². The van der Waals surface area contributed by atoms with E-state index in [2.05, 4.69) is 11.8 Å². The third-order valence-corrected chi connectivity index (χ3v) is 1.45. The smallest absolute Gasteiger partial charge is 0.150 e. The van der Waals surface area contributed by atoms with Crippen LogP contribution in [0.25, 0.3) is 0 Å². The Morgan fingerprint density at radius 3 is 2.85 bits per heavy atom. The maximum absolute atomic E-state index is 13.1. The molecule has 0 unspecified atom stereocenters. The Morgan fingerprint density at radius 2 is 2.31 bits per heavy atom. The zero-order valence-corrected chi connectivity index (χ0v) is 6.88. The predicted molar refractivity (Wildman–Crippen MR) is 47.7 cm³/mol. The number of hydrogen-bond acceptors (Lipinski definition) is 2. The first-order valence-electron chi connectivity index (χ1n) is 3.71. The zero-order chi connectivity index (χ0) is 9.68. The molecule has 0 fully saturated rings. The Hall–Kier alpha value is -1.66. The number of carbonyl (C=O) groups is 1. The number of rotatable bonds is 1. The molecule has 0 spiro atoms. The standard InChI is InChI=1S/C10H8FNO/c11-10-6-8(7-13)3-4-9(10)2-1-5-12/h3-4,6-7H,5,12H2. The third kappa shape index (κ3) is 2.39. The van der Waals surface area contributed by atoms with Crippen molar-refractivity contribution in [3.05, 3.63) is 35.1 Å². The van der Waals surface area contributed by atoms with Crippen molar-refractivity contribution in [1.29, 1.82) is 0 Å². The van der Waals surface area contributed by atoms with Gasteiger partial charge in [-0.3, -0.25) is 4.79 Å². The first-order chi connectivity index (χ1) is 6.27. The van der Waals surface area contributed by atoms with Crippen LogP contribution in [0.4, 0.5) is 4.39 Å². The molecule has 13 heavy (non-hydrogen) atoms. The lowest BCUT2D eigenvalue weighted by atomic mass is 10.1. The molecule has 0 aromatic heterocycles. The molecule has 3 heteroatoms. The lowest BCUT2D eigenvalue weighted by Crippen LogP contribution is -1.94. The molecule has 0 bridgehead atoms. The van der Waals surface area contributed by atoms with E-state index >= 15 is 0 Å². The molecule has 1 aromatic carbocycles. The molecule has 2 nitrogen and oxygen atoms in total. The van der Waals surface area contributed by atoms with Crippen molar-refractivity contribution in [1.82, 2.24) is 0 Å². The first-order valence-corrected chi connectivity index (χ1v) is 3.71. The molecule has 0 amide bonds. The Kier molecular flexibility index (Phi) is 3.18. The molecule has 0 heterocycles. The van der Waals surface area contributed by atoms with Gasteiger partial charge in [-0.1, -0.05) is 17.9 Å². The zero-order valence-electron chi connectivity index (χ0n) is 6.88. The van der Waals surface area contributed by atoms with Gasteiger partial charge in [0.05, 0.1) is 12.1 Å². The summed E-state index contributed by atoms with van der Waals surface area (Å²) in [4.78, 5) is 10.3. The van der Waals surface area contributed by atoms with Crippen LogP contribution in [0.15, 0.2) is 18.2 Å². The number of aldehydes is 1. The molecule has 0 atom stereocenters. The molecule has 0 radical (unpaired) electrons. The van der Waals surface area contributed by atoms with Crippen LogP contribution >= 0.6 is 0 Å². The predicted octanol–water partition coefficient (Wildman–Crippen LogP) is 0.948. The highest BCUT2D eigenvalue weighted by Gasteiger charge is 1.99. The van der Waals surface area contributed by atoms with E-state index in [1.165, 1.54) is 12.1 Å². The molecule has 0 saturated carbocycles. The summed E-state index contributed by atoms with van der Waals surface area (Å²) in [5, 5.41) is 0. The van der Waals surface area contributed by atoms with Gasteiger partial charge in [0.1, 0.15) is 12.1 Å². The van der Waals surface area contributed by atoms with Crippen molar-refractivity contribution >= 4 is 6.29 Å². The Morgan fingerprint density at radius 1 is 1.54 bits per heavy atom. The molecular weight excluding hydrogens is 169 g/mol. The molecular formula is C10H8FNO. The number of halogens is 1. The maximum Gasteiger partial charge on any atom is 0.150 e.